The molecule has 0 fully saturated rings. The summed E-state index contributed by atoms with van der Waals surface area (Å²) in [4.78, 5) is 0. The van der Waals surface area contributed by atoms with Crippen LogP contribution in [0.3, 0.4) is 0 Å². The highest BCUT2D eigenvalue weighted by Gasteiger charge is 2.14. The predicted octanol–water partition coefficient (Wildman–Crippen LogP) is 4.30. The Morgan fingerprint density at radius 1 is 1.06 bits per heavy atom. The second-order valence-electron chi connectivity index (χ2n) is 4.42. The summed E-state index contributed by atoms with van der Waals surface area (Å²) in [5.41, 5.74) is 3.98. The zero-order valence-corrected chi connectivity index (χ0v) is 12.9. The van der Waals surface area contributed by atoms with Gasteiger partial charge in [0, 0.05) is 3.57 Å². The minimum absolute atomic E-state index is 0.281. The molecule has 94 valence electrons. The third kappa shape index (κ3) is 3.12. The molecule has 0 saturated carbocycles. The summed E-state index contributed by atoms with van der Waals surface area (Å²) in [6.07, 6.45) is 0. The van der Waals surface area contributed by atoms with Crippen LogP contribution in [0, 0.1) is 10.5 Å². The number of nitrogens with one attached hydrogen (secondary N) is 1. The van der Waals surface area contributed by atoms with Gasteiger partial charge in [-0.25, -0.2) is 0 Å². The quantitative estimate of drug-likeness (QED) is 0.810. The van der Waals surface area contributed by atoms with Crippen molar-refractivity contribution in [3.05, 3.63) is 68.8 Å². The van der Waals surface area contributed by atoms with Crippen molar-refractivity contribution < 1.29 is 0 Å². The Morgan fingerprint density at radius 3 is 2.33 bits per heavy atom. The first-order valence-electron chi connectivity index (χ1n) is 6.26. The lowest BCUT2D eigenvalue weighted by molar-refractivity contribution is 0.628. The van der Waals surface area contributed by atoms with Crippen molar-refractivity contribution in [3.8, 4) is 0 Å². The van der Waals surface area contributed by atoms with Crippen molar-refractivity contribution in [1.29, 1.82) is 0 Å². The van der Waals surface area contributed by atoms with Crippen molar-refractivity contribution in [2.75, 3.05) is 6.54 Å². The van der Waals surface area contributed by atoms with Crippen LogP contribution in [0.25, 0.3) is 0 Å². The van der Waals surface area contributed by atoms with Crippen LogP contribution in [-0.4, -0.2) is 6.54 Å². The normalized spacial score (nSPS) is 12.4. The molecule has 2 rings (SSSR count). The molecule has 0 saturated heterocycles. The molecular weight excluding hydrogens is 333 g/mol. The van der Waals surface area contributed by atoms with E-state index in [0.29, 0.717) is 0 Å². The lowest BCUT2D eigenvalue weighted by Gasteiger charge is -2.20. The molecule has 1 N–H and O–H groups in total. The second kappa shape index (κ2) is 6.34. The highest BCUT2D eigenvalue weighted by atomic mass is 127. The summed E-state index contributed by atoms with van der Waals surface area (Å²) in [7, 11) is 0. The summed E-state index contributed by atoms with van der Waals surface area (Å²) < 4.78 is 1.31. The van der Waals surface area contributed by atoms with E-state index < -0.39 is 0 Å². The number of halogens is 1. The fourth-order valence-electron chi connectivity index (χ4n) is 2.08. The second-order valence-corrected chi connectivity index (χ2v) is 5.59. The van der Waals surface area contributed by atoms with Gasteiger partial charge in [-0.15, -0.1) is 0 Å². The summed E-state index contributed by atoms with van der Waals surface area (Å²) in [5, 5.41) is 3.57. The van der Waals surface area contributed by atoms with Crippen LogP contribution in [0.1, 0.15) is 29.7 Å². The number of aryl methyl sites for hydroxylation is 1. The molecule has 1 nitrogen and oxygen atoms in total. The Balaban J connectivity index is 2.40. The van der Waals surface area contributed by atoms with Gasteiger partial charge in [0.05, 0.1) is 6.04 Å². The van der Waals surface area contributed by atoms with Crippen molar-refractivity contribution in [1.82, 2.24) is 5.32 Å². The van der Waals surface area contributed by atoms with Crippen LogP contribution in [0.15, 0.2) is 48.5 Å². The first kappa shape index (κ1) is 13.6. The molecule has 0 heterocycles. The highest BCUT2D eigenvalue weighted by Crippen LogP contribution is 2.26. The molecule has 1 unspecified atom stereocenters. The molecule has 0 aliphatic rings. The topological polar surface area (TPSA) is 12.0 Å². The number of hydrogen-bond donors (Lipinski definition) is 1. The molecule has 1 atom stereocenters. The van der Waals surface area contributed by atoms with Gasteiger partial charge in [0.15, 0.2) is 0 Å². The minimum atomic E-state index is 0.281. The third-order valence-electron chi connectivity index (χ3n) is 3.04. The Bertz CT molecular complexity index is 505. The van der Waals surface area contributed by atoms with E-state index in [1.807, 2.05) is 0 Å². The number of benzene rings is 2. The van der Waals surface area contributed by atoms with Crippen LogP contribution in [0.5, 0.6) is 0 Å². The van der Waals surface area contributed by atoms with E-state index >= 15 is 0 Å². The van der Waals surface area contributed by atoms with Gasteiger partial charge in [0.2, 0.25) is 0 Å². The van der Waals surface area contributed by atoms with Gasteiger partial charge >= 0.3 is 0 Å². The smallest absolute Gasteiger partial charge is 0.0587 e. The van der Waals surface area contributed by atoms with Gasteiger partial charge in [-0.3, -0.25) is 0 Å². The Morgan fingerprint density at radius 2 is 1.72 bits per heavy atom. The maximum atomic E-state index is 3.57. The molecule has 0 aromatic heterocycles. The van der Waals surface area contributed by atoms with Gasteiger partial charge in [0.1, 0.15) is 0 Å². The first-order valence-corrected chi connectivity index (χ1v) is 7.34. The van der Waals surface area contributed by atoms with Crippen LogP contribution in [0.2, 0.25) is 0 Å². The SMILES string of the molecule is CCNC(c1ccc(C)cc1)c1ccccc1I. The fraction of sp³-hybridized carbons (Fsp3) is 0.250. The van der Waals surface area contributed by atoms with Crippen LogP contribution in [0.4, 0.5) is 0 Å². The summed E-state index contributed by atoms with van der Waals surface area (Å²) >= 11 is 2.41. The number of hydrogen-bond acceptors (Lipinski definition) is 1. The van der Waals surface area contributed by atoms with Crippen LogP contribution in [-0.2, 0) is 0 Å². The Kier molecular flexibility index (Phi) is 4.78. The maximum Gasteiger partial charge on any atom is 0.0587 e. The van der Waals surface area contributed by atoms with Crippen molar-refractivity contribution in [2.45, 2.75) is 19.9 Å². The zero-order valence-electron chi connectivity index (χ0n) is 10.8. The molecule has 0 aliphatic heterocycles. The lowest BCUT2D eigenvalue weighted by Crippen LogP contribution is -2.22. The molecule has 2 aromatic rings. The van der Waals surface area contributed by atoms with Crippen molar-refractivity contribution >= 4 is 22.6 Å². The van der Waals surface area contributed by atoms with E-state index in [2.05, 4.69) is 90.3 Å². The van der Waals surface area contributed by atoms with Crippen molar-refractivity contribution in [2.24, 2.45) is 0 Å². The van der Waals surface area contributed by atoms with E-state index in [4.69, 9.17) is 0 Å². The van der Waals surface area contributed by atoms with Gasteiger partial charge in [-0.05, 0) is 53.3 Å². The molecule has 0 amide bonds. The molecule has 0 aliphatic carbocycles. The lowest BCUT2D eigenvalue weighted by atomic mass is 9.98. The van der Waals surface area contributed by atoms with Gasteiger partial charge in [-0.2, -0.15) is 0 Å². The molecule has 0 spiro atoms. The van der Waals surface area contributed by atoms with E-state index in [1.165, 1.54) is 20.3 Å². The van der Waals surface area contributed by atoms with Gasteiger partial charge in [0.25, 0.3) is 0 Å². The predicted molar refractivity (Wildman–Crippen MR) is 85.9 cm³/mol. The molecule has 2 aromatic carbocycles. The Labute approximate surface area is 123 Å². The minimum Gasteiger partial charge on any atom is -0.306 e. The largest absolute Gasteiger partial charge is 0.306 e. The summed E-state index contributed by atoms with van der Waals surface area (Å²) in [6.45, 7) is 5.23. The zero-order chi connectivity index (χ0) is 13.0. The summed E-state index contributed by atoms with van der Waals surface area (Å²) in [5.74, 6) is 0. The van der Waals surface area contributed by atoms with E-state index in [0.717, 1.165) is 6.54 Å². The highest BCUT2D eigenvalue weighted by molar-refractivity contribution is 14.1. The van der Waals surface area contributed by atoms with Gasteiger partial charge < -0.3 is 5.32 Å². The first-order chi connectivity index (χ1) is 8.72. The standard InChI is InChI=1S/C16H18IN/c1-3-18-16(13-10-8-12(2)9-11-13)14-6-4-5-7-15(14)17/h4-11,16,18H,3H2,1-2H3. The van der Waals surface area contributed by atoms with E-state index in [-0.39, 0.29) is 6.04 Å². The molecular formula is C16H18IN. The monoisotopic (exact) mass is 351 g/mol. The Hall–Kier alpha value is -0.870. The summed E-state index contributed by atoms with van der Waals surface area (Å²) in [6, 6.07) is 17.6. The average Bonchev–Trinajstić information content (AvgIpc) is 2.38. The van der Waals surface area contributed by atoms with E-state index in [1.54, 1.807) is 0 Å². The molecule has 2 heteroatoms. The van der Waals surface area contributed by atoms with Gasteiger partial charge in [-0.1, -0.05) is 55.0 Å². The molecule has 18 heavy (non-hydrogen) atoms. The van der Waals surface area contributed by atoms with Crippen LogP contribution >= 0.6 is 22.6 Å². The molecule has 0 bridgehead atoms. The maximum absolute atomic E-state index is 3.57. The van der Waals surface area contributed by atoms with Crippen molar-refractivity contribution in [3.63, 3.8) is 0 Å². The third-order valence-corrected chi connectivity index (χ3v) is 4.02. The molecule has 0 radical (unpaired) electrons. The average molecular weight is 351 g/mol. The number of rotatable bonds is 4. The fourth-order valence-corrected chi connectivity index (χ4v) is 2.78. The van der Waals surface area contributed by atoms with Crippen LogP contribution < -0.4 is 5.32 Å². The van der Waals surface area contributed by atoms with E-state index in [9.17, 15) is 0 Å².